The second kappa shape index (κ2) is 4.28. The van der Waals surface area contributed by atoms with Crippen LogP contribution in [0.5, 0.6) is 11.8 Å². The molecular formula is C11H9Cl2NO2. The highest BCUT2D eigenvalue weighted by atomic mass is 35.5. The van der Waals surface area contributed by atoms with Crippen LogP contribution in [0.4, 0.5) is 0 Å². The molecule has 0 aliphatic heterocycles. The van der Waals surface area contributed by atoms with E-state index in [1.807, 2.05) is 0 Å². The molecule has 0 aliphatic rings. The first-order valence-corrected chi connectivity index (χ1v) is 5.35. The summed E-state index contributed by atoms with van der Waals surface area (Å²) < 4.78 is 1.36. The number of nitrogens with zero attached hydrogens (tertiary/aromatic N) is 1. The fourth-order valence-corrected chi connectivity index (χ4v) is 1.75. The van der Waals surface area contributed by atoms with Gasteiger partial charge in [-0.15, -0.1) is 0 Å². The van der Waals surface area contributed by atoms with Crippen molar-refractivity contribution in [1.29, 1.82) is 0 Å². The molecule has 0 spiro atoms. The van der Waals surface area contributed by atoms with E-state index in [4.69, 9.17) is 23.2 Å². The van der Waals surface area contributed by atoms with E-state index < -0.39 is 0 Å². The first-order chi connectivity index (χ1) is 7.58. The van der Waals surface area contributed by atoms with Crippen LogP contribution in [0.25, 0.3) is 0 Å². The summed E-state index contributed by atoms with van der Waals surface area (Å²) in [6.07, 6.45) is 0. The molecule has 2 rings (SSSR count). The molecule has 1 aromatic carbocycles. The lowest BCUT2D eigenvalue weighted by Crippen LogP contribution is -1.98. The van der Waals surface area contributed by atoms with Crippen LogP contribution >= 0.6 is 23.2 Å². The molecule has 1 heterocycles. The van der Waals surface area contributed by atoms with Crippen LogP contribution in [0.15, 0.2) is 30.3 Å². The topological polar surface area (TPSA) is 45.4 Å². The molecule has 1 aromatic heterocycles. The number of benzene rings is 1. The normalized spacial score (nSPS) is 10.6. The molecule has 0 saturated carbocycles. The summed E-state index contributed by atoms with van der Waals surface area (Å²) in [6, 6.07) is 8.01. The third kappa shape index (κ3) is 2.10. The van der Waals surface area contributed by atoms with E-state index in [1.165, 1.54) is 16.7 Å². The summed E-state index contributed by atoms with van der Waals surface area (Å²) in [5.41, 5.74) is 0.844. The molecular weight excluding hydrogens is 249 g/mol. The van der Waals surface area contributed by atoms with Gasteiger partial charge in [0.15, 0.2) is 11.8 Å². The van der Waals surface area contributed by atoms with Gasteiger partial charge >= 0.3 is 0 Å². The molecule has 3 nitrogen and oxygen atoms in total. The third-order valence-electron chi connectivity index (χ3n) is 2.26. The van der Waals surface area contributed by atoms with Crippen LogP contribution in [0.3, 0.4) is 0 Å². The van der Waals surface area contributed by atoms with Crippen LogP contribution in [-0.2, 0) is 6.54 Å². The zero-order chi connectivity index (χ0) is 11.7. The van der Waals surface area contributed by atoms with Crippen molar-refractivity contribution in [1.82, 2.24) is 4.57 Å². The zero-order valence-corrected chi connectivity index (χ0v) is 9.70. The van der Waals surface area contributed by atoms with Gasteiger partial charge in [0.2, 0.25) is 0 Å². The Bertz CT molecular complexity index is 503. The fraction of sp³-hybridized carbons (Fsp3) is 0.0909. The predicted octanol–water partition coefficient (Wildman–Crippen LogP) is 3.25. The van der Waals surface area contributed by atoms with Crippen molar-refractivity contribution in [3.63, 3.8) is 0 Å². The van der Waals surface area contributed by atoms with E-state index in [0.717, 1.165) is 5.56 Å². The van der Waals surface area contributed by atoms with Gasteiger partial charge in [0.05, 0.1) is 16.6 Å². The van der Waals surface area contributed by atoms with Gasteiger partial charge in [0, 0.05) is 12.1 Å². The number of aromatic hydroxyl groups is 2. The lowest BCUT2D eigenvalue weighted by atomic mass is 10.2. The number of hydrogen-bond donors (Lipinski definition) is 2. The molecule has 0 saturated heterocycles. The van der Waals surface area contributed by atoms with Gasteiger partial charge < -0.3 is 10.2 Å². The van der Waals surface area contributed by atoms with E-state index in [0.29, 0.717) is 16.6 Å². The van der Waals surface area contributed by atoms with Crippen molar-refractivity contribution in [2.45, 2.75) is 6.54 Å². The Morgan fingerprint density at radius 1 is 0.938 bits per heavy atom. The summed E-state index contributed by atoms with van der Waals surface area (Å²) in [4.78, 5) is 0. The SMILES string of the molecule is Oc1ccc(O)n1Cc1ccc(Cl)c(Cl)c1. The molecule has 0 atom stereocenters. The first kappa shape index (κ1) is 11.2. The van der Waals surface area contributed by atoms with Gasteiger partial charge in [-0.05, 0) is 17.7 Å². The van der Waals surface area contributed by atoms with Crippen molar-refractivity contribution in [2.75, 3.05) is 0 Å². The second-order valence-electron chi connectivity index (χ2n) is 3.38. The van der Waals surface area contributed by atoms with E-state index >= 15 is 0 Å². The molecule has 16 heavy (non-hydrogen) atoms. The summed E-state index contributed by atoms with van der Waals surface area (Å²) in [7, 11) is 0. The Kier molecular flexibility index (Phi) is 2.99. The number of aromatic nitrogens is 1. The molecule has 0 radical (unpaired) electrons. The highest BCUT2D eigenvalue weighted by Gasteiger charge is 2.07. The van der Waals surface area contributed by atoms with Gasteiger partial charge in [-0.1, -0.05) is 29.3 Å². The maximum atomic E-state index is 9.46. The van der Waals surface area contributed by atoms with Crippen LogP contribution in [0.2, 0.25) is 10.0 Å². The van der Waals surface area contributed by atoms with E-state index in [1.54, 1.807) is 18.2 Å². The van der Waals surface area contributed by atoms with E-state index in [2.05, 4.69) is 0 Å². The van der Waals surface area contributed by atoms with Crippen molar-refractivity contribution in [3.05, 3.63) is 45.9 Å². The Morgan fingerprint density at radius 3 is 2.12 bits per heavy atom. The first-order valence-electron chi connectivity index (χ1n) is 4.59. The van der Waals surface area contributed by atoms with Crippen LogP contribution in [0, 0.1) is 0 Å². The molecule has 84 valence electrons. The van der Waals surface area contributed by atoms with Crippen LogP contribution < -0.4 is 0 Å². The number of rotatable bonds is 2. The largest absolute Gasteiger partial charge is 0.494 e. The minimum Gasteiger partial charge on any atom is -0.494 e. The smallest absolute Gasteiger partial charge is 0.194 e. The lowest BCUT2D eigenvalue weighted by Gasteiger charge is -2.07. The minimum atomic E-state index is 0.00331. The fourth-order valence-electron chi connectivity index (χ4n) is 1.43. The molecule has 0 fully saturated rings. The van der Waals surface area contributed by atoms with Crippen molar-refractivity contribution >= 4 is 23.2 Å². The number of hydrogen-bond acceptors (Lipinski definition) is 2. The summed E-state index contributed by atoms with van der Waals surface area (Å²) in [5.74, 6) is 0.00662. The summed E-state index contributed by atoms with van der Waals surface area (Å²) in [6.45, 7) is 0.335. The van der Waals surface area contributed by atoms with Crippen LogP contribution in [0.1, 0.15) is 5.56 Å². The monoisotopic (exact) mass is 257 g/mol. The molecule has 2 aromatic rings. The maximum Gasteiger partial charge on any atom is 0.194 e. The maximum absolute atomic E-state index is 9.46. The van der Waals surface area contributed by atoms with Crippen molar-refractivity contribution in [3.8, 4) is 11.8 Å². The molecule has 0 bridgehead atoms. The average Bonchev–Trinajstić information content (AvgIpc) is 2.55. The zero-order valence-electron chi connectivity index (χ0n) is 8.19. The molecule has 0 unspecified atom stereocenters. The Labute approximate surface area is 102 Å². The molecule has 0 aliphatic carbocycles. The van der Waals surface area contributed by atoms with Gasteiger partial charge in [-0.25, -0.2) is 0 Å². The van der Waals surface area contributed by atoms with Gasteiger partial charge in [-0.2, -0.15) is 0 Å². The second-order valence-corrected chi connectivity index (χ2v) is 4.20. The van der Waals surface area contributed by atoms with Crippen molar-refractivity contribution in [2.24, 2.45) is 0 Å². The number of halogens is 2. The van der Waals surface area contributed by atoms with Crippen molar-refractivity contribution < 1.29 is 10.2 Å². The predicted molar refractivity (Wildman–Crippen MR) is 63.3 cm³/mol. The standard InChI is InChI=1S/C11H9Cl2NO2/c12-8-2-1-7(5-9(8)13)6-14-10(15)3-4-11(14)16/h1-5,15-16H,6H2. The Morgan fingerprint density at radius 2 is 1.56 bits per heavy atom. The molecule has 0 amide bonds. The highest BCUT2D eigenvalue weighted by Crippen LogP contribution is 2.26. The molecule has 5 heteroatoms. The summed E-state index contributed by atoms with van der Waals surface area (Å²) >= 11 is 11.7. The third-order valence-corrected chi connectivity index (χ3v) is 3.00. The average molecular weight is 258 g/mol. The molecule has 2 N–H and O–H groups in total. The minimum absolute atomic E-state index is 0.00331. The van der Waals surface area contributed by atoms with Crippen LogP contribution in [-0.4, -0.2) is 14.8 Å². The van der Waals surface area contributed by atoms with Gasteiger partial charge in [-0.3, -0.25) is 4.57 Å². The highest BCUT2D eigenvalue weighted by molar-refractivity contribution is 6.42. The van der Waals surface area contributed by atoms with Gasteiger partial charge in [0.25, 0.3) is 0 Å². The van der Waals surface area contributed by atoms with Gasteiger partial charge in [0.1, 0.15) is 0 Å². The summed E-state index contributed by atoms with van der Waals surface area (Å²) in [5, 5.41) is 19.8. The lowest BCUT2D eigenvalue weighted by molar-refractivity contribution is 0.377. The Balaban J connectivity index is 2.31. The van der Waals surface area contributed by atoms with E-state index in [-0.39, 0.29) is 11.8 Å². The quantitative estimate of drug-likeness (QED) is 0.868. The Hall–Kier alpha value is -1.32. The van der Waals surface area contributed by atoms with E-state index in [9.17, 15) is 10.2 Å².